The zero-order valence-corrected chi connectivity index (χ0v) is 14.1. The molecule has 0 spiro atoms. The first-order chi connectivity index (χ1) is 11.4. The van der Waals surface area contributed by atoms with Crippen LogP contribution < -0.4 is 5.32 Å². The summed E-state index contributed by atoms with van der Waals surface area (Å²) in [6.07, 6.45) is 2.72. The van der Waals surface area contributed by atoms with Crippen LogP contribution in [0.3, 0.4) is 0 Å². The fourth-order valence-corrected chi connectivity index (χ4v) is 5.55. The first kappa shape index (κ1) is 16.7. The van der Waals surface area contributed by atoms with Crippen molar-refractivity contribution in [2.75, 3.05) is 24.2 Å². The van der Waals surface area contributed by atoms with Crippen molar-refractivity contribution in [1.82, 2.24) is 4.90 Å². The highest BCUT2D eigenvalue weighted by molar-refractivity contribution is 7.92. The Bertz CT molecular complexity index is 770. The number of likely N-dealkylation sites (tertiary alicyclic amines) is 1. The van der Waals surface area contributed by atoms with Gasteiger partial charge in [-0.2, -0.15) is 0 Å². The van der Waals surface area contributed by atoms with Gasteiger partial charge in [-0.05, 0) is 49.1 Å². The molecule has 2 heterocycles. The Balaban J connectivity index is 1.71. The number of amides is 2. The maximum absolute atomic E-state index is 12.6. The molecular weight excluding hydrogens is 328 g/mol. The van der Waals surface area contributed by atoms with Crippen molar-refractivity contribution in [2.24, 2.45) is 5.92 Å². The van der Waals surface area contributed by atoms with E-state index in [2.05, 4.69) is 11.9 Å². The SMILES string of the molecule is C=CC(=O)Nc1ccc(C(=O)N2C[C@@H]3CCCS(=O)(=O)[C@@H]3C2)cc1. The van der Waals surface area contributed by atoms with Gasteiger partial charge in [0.25, 0.3) is 5.91 Å². The fraction of sp³-hybridized carbons (Fsp3) is 0.412. The van der Waals surface area contributed by atoms with Crippen LogP contribution in [0.4, 0.5) is 5.69 Å². The van der Waals surface area contributed by atoms with Crippen molar-refractivity contribution in [2.45, 2.75) is 18.1 Å². The van der Waals surface area contributed by atoms with E-state index in [4.69, 9.17) is 0 Å². The fourth-order valence-electron chi connectivity index (χ4n) is 3.46. The normalized spacial score (nSPS) is 24.9. The zero-order valence-electron chi connectivity index (χ0n) is 13.3. The van der Waals surface area contributed by atoms with Crippen LogP contribution in [0.2, 0.25) is 0 Å². The molecule has 2 atom stereocenters. The molecule has 0 radical (unpaired) electrons. The van der Waals surface area contributed by atoms with E-state index in [0.29, 0.717) is 24.2 Å². The summed E-state index contributed by atoms with van der Waals surface area (Å²) in [7, 11) is -3.08. The number of carbonyl (C=O) groups excluding carboxylic acids is 2. The van der Waals surface area contributed by atoms with Crippen LogP contribution in [0.5, 0.6) is 0 Å². The van der Waals surface area contributed by atoms with Gasteiger partial charge in [-0.15, -0.1) is 0 Å². The lowest BCUT2D eigenvalue weighted by Crippen LogP contribution is -2.36. The average molecular weight is 348 g/mol. The Hall–Kier alpha value is -2.15. The number of anilines is 1. The van der Waals surface area contributed by atoms with Gasteiger partial charge in [0.15, 0.2) is 9.84 Å². The molecule has 2 amide bonds. The Morgan fingerprint density at radius 1 is 1.21 bits per heavy atom. The summed E-state index contributed by atoms with van der Waals surface area (Å²) in [6.45, 7) is 4.16. The molecular formula is C17H20N2O4S. The van der Waals surface area contributed by atoms with Gasteiger partial charge < -0.3 is 10.2 Å². The molecule has 1 aromatic rings. The van der Waals surface area contributed by atoms with E-state index in [1.807, 2.05) is 0 Å². The third-order valence-corrected chi connectivity index (χ3v) is 7.03. The highest BCUT2D eigenvalue weighted by Gasteiger charge is 2.44. The molecule has 1 aromatic carbocycles. The van der Waals surface area contributed by atoms with Gasteiger partial charge in [0.2, 0.25) is 5.91 Å². The van der Waals surface area contributed by atoms with Gasteiger partial charge in [0, 0.05) is 24.3 Å². The highest BCUT2D eigenvalue weighted by Crippen LogP contribution is 2.33. The van der Waals surface area contributed by atoms with Crippen LogP contribution in [-0.4, -0.2) is 49.2 Å². The summed E-state index contributed by atoms with van der Waals surface area (Å²) < 4.78 is 24.3. The molecule has 0 saturated carbocycles. The number of hydrogen-bond acceptors (Lipinski definition) is 4. The number of rotatable bonds is 3. The number of fused-ring (bicyclic) bond motifs is 1. The predicted octanol–water partition coefficient (Wildman–Crippen LogP) is 1.46. The summed E-state index contributed by atoms with van der Waals surface area (Å²) >= 11 is 0. The molecule has 2 saturated heterocycles. The molecule has 128 valence electrons. The van der Waals surface area contributed by atoms with Crippen LogP contribution in [-0.2, 0) is 14.6 Å². The number of benzene rings is 1. The largest absolute Gasteiger partial charge is 0.337 e. The van der Waals surface area contributed by atoms with Crippen molar-refractivity contribution in [3.63, 3.8) is 0 Å². The van der Waals surface area contributed by atoms with Gasteiger partial charge >= 0.3 is 0 Å². The third-order valence-electron chi connectivity index (χ3n) is 4.72. The first-order valence-corrected chi connectivity index (χ1v) is 9.66. The second-order valence-electron chi connectivity index (χ2n) is 6.29. The minimum Gasteiger partial charge on any atom is -0.337 e. The quantitative estimate of drug-likeness (QED) is 0.838. The second kappa shape index (κ2) is 6.39. The van der Waals surface area contributed by atoms with Crippen LogP contribution in [0.25, 0.3) is 0 Å². The van der Waals surface area contributed by atoms with Crippen LogP contribution in [0.15, 0.2) is 36.9 Å². The van der Waals surface area contributed by atoms with Crippen molar-refractivity contribution < 1.29 is 18.0 Å². The van der Waals surface area contributed by atoms with E-state index in [1.165, 1.54) is 6.08 Å². The number of carbonyl (C=O) groups is 2. The lowest BCUT2D eigenvalue weighted by molar-refractivity contribution is -0.111. The standard InChI is InChI=1S/C17H20N2O4S/c1-2-16(20)18-14-7-5-12(6-8-14)17(21)19-10-13-4-3-9-24(22,23)15(13)11-19/h2,5-8,13,15H,1,3-4,9-11H2,(H,18,20)/t13-,15+/m0/s1. The average Bonchev–Trinajstić information content (AvgIpc) is 3.00. The van der Waals surface area contributed by atoms with E-state index >= 15 is 0 Å². The molecule has 0 aromatic heterocycles. The minimum absolute atomic E-state index is 0.0545. The summed E-state index contributed by atoms with van der Waals surface area (Å²) in [5, 5.41) is 2.20. The smallest absolute Gasteiger partial charge is 0.253 e. The monoisotopic (exact) mass is 348 g/mol. The van der Waals surface area contributed by atoms with Crippen LogP contribution >= 0.6 is 0 Å². The Kier molecular flexibility index (Phi) is 4.45. The lowest BCUT2D eigenvalue weighted by atomic mass is 10.0. The Labute approximate surface area is 141 Å². The van der Waals surface area contributed by atoms with E-state index in [0.717, 1.165) is 6.42 Å². The number of sulfone groups is 1. The molecule has 2 aliphatic heterocycles. The summed E-state index contributed by atoms with van der Waals surface area (Å²) in [5.41, 5.74) is 1.07. The highest BCUT2D eigenvalue weighted by atomic mass is 32.2. The second-order valence-corrected chi connectivity index (χ2v) is 8.63. The molecule has 0 unspecified atom stereocenters. The zero-order chi connectivity index (χ0) is 17.3. The minimum atomic E-state index is -3.08. The lowest BCUT2D eigenvalue weighted by Gasteiger charge is -2.23. The number of nitrogens with one attached hydrogen (secondary N) is 1. The summed E-state index contributed by atoms with van der Waals surface area (Å²) in [4.78, 5) is 25.5. The van der Waals surface area contributed by atoms with E-state index < -0.39 is 15.1 Å². The first-order valence-electron chi connectivity index (χ1n) is 7.95. The number of hydrogen-bond donors (Lipinski definition) is 1. The summed E-state index contributed by atoms with van der Waals surface area (Å²) in [5.74, 6) is -0.198. The molecule has 2 fully saturated rings. The molecule has 0 bridgehead atoms. The van der Waals surface area contributed by atoms with Crippen molar-refractivity contribution >= 4 is 27.3 Å². The molecule has 7 heteroatoms. The van der Waals surface area contributed by atoms with Crippen molar-refractivity contribution in [1.29, 1.82) is 0 Å². The van der Waals surface area contributed by atoms with Gasteiger partial charge in [0.05, 0.1) is 11.0 Å². The molecule has 1 N–H and O–H groups in total. The van der Waals surface area contributed by atoms with E-state index in [9.17, 15) is 18.0 Å². The Morgan fingerprint density at radius 3 is 2.54 bits per heavy atom. The third kappa shape index (κ3) is 3.21. The molecule has 0 aliphatic carbocycles. The van der Waals surface area contributed by atoms with Gasteiger partial charge in [-0.1, -0.05) is 6.58 Å². The van der Waals surface area contributed by atoms with Gasteiger partial charge in [-0.3, -0.25) is 9.59 Å². The van der Waals surface area contributed by atoms with E-state index in [1.54, 1.807) is 29.2 Å². The predicted molar refractivity (Wildman–Crippen MR) is 91.5 cm³/mol. The Morgan fingerprint density at radius 2 is 1.92 bits per heavy atom. The van der Waals surface area contributed by atoms with Crippen LogP contribution in [0, 0.1) is 5.92 Å². The molecule has 2 aliphatic rings. The maximum atomic E-state index is 12.6. The topological polar surface area (TPSA) is 83.6 Å². The van der Waals surface area contributed by atoms with Crippen molar-refractivity contribution in [3.8, 4) is 0 Å². The number of nitrogens with zero attached hydrogens (tertiary/aromatic N) is 1. The summed E-state index contributed by atoms with van der Waals surface area (Å²) in [6, 6.07) is 6.57. The van der Waals surface area contributed by atoms with Crippen molar-refractivity contribution in [3.05, 3.63) is 42.5 Å². The molecule has 24 heavy (non-hydrogen) atoms. The van der Waals surface area contributed by atoms with Gasteiger partial charge in [0.1, 0.15) is 0 Å². The molecule has 3 rings (SSSR count). The maximum Gasteiger partial charge on any atom is 0.253 e. The van der Waals surface area contributed by atoms with Gasteiger partial charge in [-0.25, -0.2) is 8.42 Å². The van der Waals surface area contributed by atoms with E-state index in [-0.39, 0.29) is 30.0 Å². The van der Waals surface area contributed by atoms with Crippen LogP contribution in [0.1, 0.15) is 23.2 Å². The molecule has 6 nitrogen and oxygen atoms in total.